The number of ether oxygens (including phenoxy) is 2. The summed E-state index contributed by atoms with van der Waals surface area (Å²) in [5.41, 5.74) is 0.385. The molecule has 167 valence electrons. The molecule has 0 saturated carbocycles. The van der Waals surface area contributed by atoms with Crippen LogP contribution in [0.25, 0.3) is 0 Å². The normalized spacial score (nSPS) is 14.0. The molecule has 0 fully saturated rings. The molecule has 0 heterocycles. The summed E-state index contributed by atoms with van der Waals surface area (Å²) in [6.07, 6.45) is 0.127. The number of alkyl carbamates (subject to hydrolysis) is 1. The minimum absolute atomic E-state index is 0.224. The Bertz CT molecular complexity index is 702. The van der Waals surface area contributed by atoms with Crippen molar-refractivity contribution in [3.63, 3.8) is 0 Å². The van der Waals surface area contributed by atoms with Gasteiger partial charge in [0, 0.05) is 0 Å². The summed E-state index contributed by atoms with van der Waals surface area (Å²) >= 11 is 2.84. The van der Waals surface area contributed by atoms with Crippen LogP contribution < -0.4 is 10.6 Å². The van der Waals surface area contributed by atoms with Crippen LogP contribution >= 0.6 is 0 Å². The zero-order chi connectivity index (χ0) is 22.7. The molecule has 1 aromatic rings. The van der Waals surface area contributed by atoms with Crippen molar-refractivity contribution in [3.8, 4) is 0 Å². The fraction of sp³-hybridized carbons (Fsp3) is 0.591. The van der Waals surface area contributed by atoms with E-state index in [0.717, 1.165) is 5.56 Å². The number of carbonyl (C=O) groups excluding carboxylic acids is 2. The molecule has 0 aliphatic heterocycles. The predicted molar refractivity (Wildman–Crippen MR) is 120 cm³/mol. The molecule has 30 heavy (non-hydrogen) atoms. The molecule has 0 spiro atoms. The summed E-state index contributed by atoms with van der Waals surface area (Å²) in [7, 11) is 0. The van der Waals surface area contributed by atoms with Crippen molar-refractivity contribution in [2.75, 3.05) is 6.54 Å². The topological polar surface area (TPSA) is 89.0 Å². The number of hydrogen-bond acceptors (Lipinski definition) is 5. The van der Waals surface area contributed by atoms with Crippen molar-refractivity contribution < 1.29 is 19.1 Å². The van der Waals surface area contributed by atoms with Gasteiger partial charge in [-0.1, -0.05) is 0 Å². The van der Waals surface area contributed by atoms with Crippen LogP contribution in [0.1, 0.15) is 53.5 Å². The van der Waals surface area contributed by atoms with Gasteiger partial charge in [-0.3, -0.25) is 0 Å². The summed E-state index contributed by atoms with van der Waals surface area (Å²) < 4.78 is 11.2. The molecule has 2 N–H and O–H groups in total. The first-order valence-electron chi connectivity index (χ1n) is 10.1. The zero-order valence-electron chi connectivity index (χ0n) is 18.7. The maximum atomic E-state index is 12.6. The molecule has 0 saturated heterocycles. The van der Waals surface area contributed by atoms with Crippen LogP contribution in [0.15, 0.2) is 35.3 Å². The van der Waals surface area contributed by atoms with Gasteiger partial charge in [-0.05, 0) is 0 Å². The molecule has 2 atom stereocenters. The molecule has 1 unspecified atom stereocenters. The number of amides is 1. The van der Waals surface area contributed by atoms with Gasteiger partial charge in [-0.25, -0.2) is 0 Å². The molecule has 8 heteroatoms. The summed E-state index contributed by atoms with van der Waals surface area (Å²) in [5.74, 6) is -0.0252. The molecule has 1 rings (SSSR count). The van der Waals surface area contributed by atoms with Gasteiger partial charge >= 0.3 is 188 Å². The standard InChI is InChI=1S/C22H34N3O4Se/c1-15(2)12-18(19(26)28-14-17-10-8-7-9-11-17)25-20(30)23-13-16(3)24-21(27)29-22(4,5)6/h7-11,15-16,18H,12-14H2,1-6H3,(H,23,25)(H,24,27)/t16?,18-/m0/s1. The van der Waals surface area contributed by atoms with E-state index in [2.05, 4.69) is 31.6 Å². The third-order valence-electron chi connectivity index (χ3n) is 3.79. The number of hydrogen-bond donors (Lipinski definition) is 2. The summed E-state index contributed by atoms with van der Waals surface area (Å²) in [6.45, 7) is 11.9. The van der Waals surface area contributed by atoms with Gasteiger partial charge in [-0.15, -0.1) is 0 Å². The van der Waals surface area contributed by atoms with Crippen LogP contribution in [-0.2, 0) is 20.9 Å². The first-order valence-corrected chi connectivity index (χ1v) is 11.0. The molecular formula is C22H34N3O4Se. The number of rotatable bonds is 9. The summed E-state index contributed by atoms with van der Waals surface area (Å²) in [4.78, 5) is 28.8. The Labute approximate surface area is 188 Å². The van der Waals surface area contributed by atoms with Gasteiger partial charge < -0.3 is 0 Å². The van der Waals surface area contributed by atoms with Crippen molar-refractivity contribution in [2.24, 2.45) is 10.9 Å². The fourth-order valence-corrected chi connectivity index (χ4v) is 2.94. The molecule has 7 nitrogen and oxygen atoms in total. The SMILES string of the molecule is CC(C)C[C@H](NC([Se])=NCC(C)NC(=O)OC(C)(C)C)C(=O)OCc1ccccc1. The van der Waals surface area contributed by atoms with Crippen molar-refractivity contribution >= 4 is 32.8 Å². The van der Waals surface area contributed by atoms with E-state index in [1.165, 1.54) is 0 Å². The van der Waals surface area contributed by atoms with Gasteiger partial charge in [0.2, 0.25) is 0 Å². The number of nitrogens with zero attached hydrogens (tertiary/aromatic N) is 1. The van der Waals surface area contributed by atoms with E-state index in [-0.39, 0.29) is 18.6 Å². The Morgan fingerprint density at radius 1 is 1.10 bits per heavy atom. The second kappa shape index (κ2) is 12.6. The average Bonchev–Trinajstić information content (AvgIpc) is 2.62. The number of carbonyl (C=O) groups is 2. The van der Waals surface area contributed by atoms with Gasteiger partial charge in [0.05, 0.1) is 0 Å². The Morgan fingerprint density at radius 2 is 1.73 bits per heavy atom. The number of aliphatic imine (C=N–C) groups is 1. The van der Waals surface area contributed by atoms with Crippen molar-refractivity contribution in [2.45, 2.75) is 72.3 Å². The Kier molecular flexibility index (Phi) is 10.9. The summed E-state index contributed by atoms with van der Waals surface area (Å²) in [6, 6.07) is 8.83. The van der Waals surface area contributed by atoms with E-state index in [1.54, 1.807) is 0 Å². The fourth-order valence-electron chi connectivity index (χ4n) is 2.48. The van der Waals surface area contributed by atoms with Crippen LogP contribution in [0.5, 0.6) is 0 Å². The number of benzene rings is 1. The van der Waals surface area contributed by atoms with Gasteiger partial charge in [0.15, 0.2) is 0 Å². The monoisotopic (exact) mass is 484 g/mol. The molecule has 0 aliphatic rings. The van der Waals surface area contributed by atoms with Crippen LogP contribution in [-0.4, -0.2) is 57.0 Å². The Balaban J connectivity index is 2.58. The molecule has 1 amide bonds. The van der Waals surface area contributed by atoms with Gasteiger partial charge in [0.25, 0.3) is 0 Å². The molecular weight excluding hydrogens is 449 g/mol. The molecule has 0 aromatic heterocycles. The van der Waals surface area contributed by atoms with E-state index >= 15 is 0 Å². The van der Waals surface area contributed by atoms with Crippen LogP contribution in [0.4, 0.5) is 4.79 Å². The van der Waals surface area contributed by atoms with Crippen LogP contribution in [0.3, 0.4) is 0 Å². The number of esters is 1. The molecule has 0 bridgehead atoms. The van der Waals surface area contributed by atoms with E-state index in [0.29, 0.717) is 23.6 Å². The molecule has 0 aliphatic carbocycles. The predicted octanol–water partition coefficient (Wildman–Crippen LogP) is 3.17. The van der Waals surface area contributed by atoms with Gasteiger partial charge in [0.1, 0.15) is 0 Å². The van der Waals surface area contributed by atoms with Crippen LogP contribution in [0.2, 0.25) is 0 Å². The Hall–Kier alpha value is -2.05. The summed E-state index contributed by atoms with van der Waals surface area (Å²) in [5, 5.41) is 5.84. The number of amidine groups is 1. The van der Waals surface area contributed by atoms with Crippen LogP contribution in [0, 0.1) is 5.92 Å². The van der Waals surface area contributed by atoms with Crippen molar-refractivity contribution in [1.29, 1.82) is 0 Å². The molecule has 1 aromatic carbocycles. The zero-order valence-corrected chi connectivity index (χ0v) is 20.4. The number of nitrogens with one attached hydrogen (secondary N) is 2. The second-order valence-corrected chi connectivity index (χ2v) is 9.42. The van der Waals surface area contributed by atoms with Crippen molar-refractivity contribution in [3.05, 3.63) is 35.9 Å². The van der Waals surface area contributed by atoms with E-state index in [1.807, 2.05) is 71.9 Å². The van der Waals surface area contributed by atoms with Crippen molar-refractivity contribution in [1.82, 2.24) is 10.6 Å². The van der Waals surface area contributed by atoms with E-state index < -0.39 is 17.7 Å². The second-order valence-electron chi connectivity index (χ2n) is 8.61. The third-order valence-corrected chi connectivity index (χ3v) is 4.30. The van der Waals surface area contributed by atoms with E-state index in [4.69, 9.17) is 9.47 Å². The Morgan fingerprint density at radius 3 is 2.30 bits per heavy atom. The quantitative estimate of drug-likeness (QED) is 0.244. The maximum absolute atomic E-state index is 12.6. The molecule has 1 radical (unpaired) electrons. The minimum atomic E-state index is -0.553. The average molecular weight is 483 g/mol. The first-order chi connectivity index (χ1) is 14.0. The first kappa shape index (κ1) is 26.0. The van der Waals surface area contributed by atoms with E-state index in [9.17, 15) is 9.59 Å². The van der Waals surface area contributed by atoms with Gasteiger partial charge in [-0.2, -0.15) is 0 Å². The third kappa shape index (κ3) is 11.8.